The van der Waals surface area contributed by atoms with Gasteiger partial charge in [0.25, 0.3) is 0 Å². The van der Waals surface area contributed by atoms with E-state index >= 15 is 0 Å². The van der Waals surface area contributed by atoms with Crippen molar-refractivity contribution in [3.8, 4) is 0 Å². The summed E-state index contributed by atoms with van der Waals surface area (Å²) in [5.74, 6) is -1.20. The van der Waals surface area contributed by atoms with E-state index in [4.69, 9.17) is 23.7 Å². The number of halogens is 1. The van der Waals surface area contributed by atoms with Gasteiger partial charge in [-0.3, -0.25) is 9.59 Å². The number of aryl methyl sites for hydroxylation is 1. The number of amides is 2. The number of imide groups is 1. The van der Waals surface area contributed by atoms with Crippen LogP contribution in [0.2, 0.25) is 0 Å². The Morgan fingerprint density at radius 1 is 1.18 bits per heavy atom. The third kappa shape index (κ3) is 7.70. The summed E-state index contributed by atoms with van der Waals surface area (Å²) < 4.78 is 23.5. The van der Waals surface area contributed by atoms with Crippen LogP contribution in [0, 0.1) is 11.8 Å². The highest BCUT2D eigenvalue weighted by atomic mass is 79.9. The number of rotatable bonds is 13. The maximum absolute atomic E-state index is 14.3. The third-order valence-electron chi connectivity index (χ3n) is 6.67. The van der Waals surface area contributed by atoms with Crippen LogP contribution in [0.4, 0.5) is 4.79 Å². The largest absolute Gasteiger partial charge is 0.461 e. The maximum atomic E-state index is 14.3. The van der Waals surface area contributed by atoms with E-state index in [1.165, 1.54) is 11.8 Å². The summed E-state index contributed by atoms with van der Waals surface area (Å²) >= 11 is 3.52. The van der Waals surface area contributed by atoms with Gasteiger partial charge in [0.2, 0.25) is 5.91 Å². The molecule has 0 radical (unpaired) electrons. The molecule has 0 aliphatic carbocycles. The molecule has 3 atom stereocenters. The van der Waals surface area contributed by atoms with Crippen molar-refractivity contribution in [3.63, 3.8) is 0 Å². The quantitative estimate of drug-likeness (QED) is 0.243. The first-order chi connectivity index (χ1) is 18.5. The molecule has 1 N–H and O–H groups in total. The minimum Gasteiger partial charge on any atom is -0.461 e. The topological polar surface area (TPSA) is 116 Å². The van der Waals surface area contributed by atoms with Gasteiger partial charge in [-0.2, -0.15) is 0 Å². The van der Waals surface area contributed by atoms with E-state index in [2.05, 4.69) is 15.9 Å². The Balaban J connectivity index is 2.00. The number of nitrogens with zero attached hydrogens (tertiary/aromatic N) is 1. The molecule has 0 bridgehead atoms. The van der Waals surface area contributed by atoms with E-state index in [1.54, 1.807) is 19.9 Å². The first-order valence-corrected chi connectivity index (χ1v) is 14.0. The lowest BCUT2D eigenvalue weighted by molar-refractivity contribution is -0.156. The van der Waals surface area contributed by atoms with Crippen molar-refractivity contribution >= 4 is 33.9 Å². The number of aliphatic hydroxyl groups is 1. The van der Waals surface area contributed by atoms with Crippen molar-refractivity contribution in [1.82, 2.24) is 4.90 Å². The number of cyclic esters (lactones) is 1. The molecule has 2 amide bonds. The molecular formula is C29H38BrNO8. The highest BCUT2D eigenvalue weighted by Crippen LogP contribution is 2.40. The lowest BCUT2D eigenvalue weighted by Gasteiger charge is -2.34. The summed E-state index contributed by atoms with van der Waals surface area (Å²) in [5.41, 5.74) is -0.0403. The van der Waals surface area contributed by atoms with Gasteiger partial charge in [-0.15, -0.1) is 0 Å². The normalized spacial score (nSPS) is 18.2. The molecule has 9 nitrogen and oxygen atoms in total. The fourth-order valence-corrected chi connectivity index (χ4v) is 5.72. The number of ether oxygens (including phenoxy) is 3. The van der Waals surface area contributed by atoms with E-state index in [0.717, 1.165) is 5.56 Å². The van der Waals surface area contributed by atoms with E-state index < -0.39 is 41.6 Å². The summed E-state index contributed by atoms with van der Waals surface area (Å²) in [6, 6.07) is 10.6. The van der Waals surface area contributed by atoms with Crippen molar-refractivity contribution in [3.05, 3.63) is 58.0 Å². The Labute approximate surface area is 237 Å². The number of aliphatic hydroxyl groups excluding tert-OH is 1. The molecule has 214 valence electrons. The predicted octanol–water partition coefficient (Wildman–Crippen LogP) is 5.23. The molecular weight excluding hydrogens is 570 g/mol. The molecule has 1 aromatic carbocycles. The van der Waals surface area contributed by atoms with Crippen LogP contribution in [-0.4, -0.2) is 59.4 Å². The SMILES string of the molecule is CC(=O)O[C@H](c1cc(Br)c(CCCOCCO)o1)[C@H](Cc1ccccc1)C(=O)N1C(=O)OC(C)(C)[C@@H]1C(C)C. The summed E-state index contributed by atoms with van der Waals surface area (Å²) in [4.78, 5) is 40.8. The van der Waals surface area contributed by atoms with Gasteiger partial charge in [-0.1, -0.05) is 44.2 Å². The molecule has 0 unspecified atom stereocenters. The number of esters is 1. The minimum atomic E-state index is -1.09. The van der Waals surface area contributed by atoms with Crippen LogP contribution in [0.3, 0.4) is 0 Å². The van der Waals surface area contributed by atoms with Gasteiger partial charge in [0.05, 0.1) is 29.6 Å². The average molecular weight is 609 g/mol. The van der Waals surface area contributed by atoms with Gasteiger partial charge in [-0.25, -0.2) is 9.69 Å². The highest BCUT2D eigenvalue weighted by Gasteiger charge is 2.54. The predicted molar refractivity (Wildman–Crippen MR) is 147 cm³/mol. The van der Waals surface area contributed by atoms with Gasteiger partial charge in [0, 0.05) is 20.0 Å². The number of carbonyl (C=O) groups excluding carboxylic acids is 3. The number of hydrogen-bond acceptors (Lipinski definition) is 8. The molecule has 1 saturated heterocycles. The van der Waals surface area contributed by atoms with Crippen LogP contribution in [0.1, 0.15) is 64.2 Å². The standard InChI is InChI=1S/C29H38BrNO8/c1-18(2)26-29(4,5)39-28(35)31(26)27(34)21(16-20-10-7-6-8-11-20)25(37-19(3)33)24-17-22(30)23(38-24)12-9-14-36-15-13-32/h6-8,10-11,17-18,21,25-26,32H,9,12-16H2,1-5H3/t21-,25-,26-/m0/s1. The third-order valence-corrected chi connectivity index (χ3v) is 7.34. The smallest absolute Gasteiger partial charge is 0.417 e. The Morgan fingerprint density at radius 2 is 1.87 bits per heavy atom. The Bertz CT molecular complexity index is 1130. The first-order valence-electron chi connectivity index (χ1n) is 13.2. The van der Waals surface area contributed by atoms with Gasteiger partial charge in [-0.05, 0) is 60.2 Å². The van der Waals surface area contributed by atoms with E-state index in [1.807, 2.05) is 44.2 Å². The van der Waals surface area contributed by atoms with Crippen LogP contribution in [0.5, 0.6) is 0 Å². The summed E-state index contributed by atoms with van der Waals surface area (Å²) in [6.45, 7) is 9.38. The molecule has 1 aliphatic heterocycles. The van der Waals surface area contributed by atoms with Crippen LogP contribution in [0.25, 0.3) is 0 Å². The molecule has 1 fully saturated rings. The summed E-state index contributed by atoms with van der Waals surface area (Å²) in [6.07, 6.45) is -0.434. The van der Waals surface area contributed by atoms with Crippen molar-refractivity contribution in [1.29, 1.82) is 0 Å². The van der Waals surface area contributed by atoms with Crippen LogP contribution >= 0.6 is 15.9 Å². The second-order valence-corrected chi connectivity index (χ2v) is 11.4. The number of benzene rings is 1. The molecule has 2 heterocycles. The van der Waals surface area contributed by atoms with E-state index in [9.17, 15) is 14.4 Å². The maximum Gasteiger partial charge on any atom is 0.417 e. The lowest BCUT2D eigenvalue weighted by Crippen LogP contribution is -2.51. The first kappa shape index (κ1) is 30.8. The zero-order valence-electron chi connectivity index (χ0n) is 23.1. The summed E-state index contributed by atoms with van der Waals surface area (Å²) in [5, 5.41) is 8.88. The molecule has 0 spiro atoms. The van der Waals surface area contributed by atoms with Crippen molar-refractivity contribution in [2.45, 2.75) is 71.6 Å². The summed E-state index contributed by atoms with van der Waals surface area (Å²) in [7, 11) is 0. The minimum absolute atomic E-state index is 0.0467. The van der Waals surface area contributed by atoms with Crippen molar-refractivity contribution < 1.29 is 38.1 Å². The van der Waals surface area contributed by atoms with Crippen molar-refractivity contribution in [2.24, 2.45) is 11.8 Å². The highest BCUT2D eigenvalue weighted by molar-refractivity contribution is 9.10. The zero-order valence-corrected chi connectivity index (χ0v) is 24.7. The number of carbonyl (C=O) groups is 3. The Hall–Kier alpha value is -2.69. The van der Waals surface area contributed by atoms with Gasteiger partial charge >= 0.3 is 12.1 Å². The monoisotopic (exact) mass is 607 g/mol. The van der Waals surface area contributed by atoms with E-state index in [0.29, 0.717) is 35.4 Å². The molecule has 3 rings (SSSR count). The Kier molecular flexibility index (Phi) is 10.7. The fraction of sp³-hybridized carbons (Fsp3) is 0.552. The molecule has 2 aromatic rings. The second kappa shape index (κ2) is 13.6. The molecule has 10 heteroatoms. The Morgan fingerprint density at radius 3 is 2.49 bits per heavy atom. The van der Waals surface area contributed by atoms with Crippen LogP contribution in [-0.2, 0) is 36.6 Å². The van der Waals surface area contributed by atoms with Gasteiger partial charge in [0.1, 0.15) is 17.1 Å². The van der Waals surface area contributed by atoms with E-state index in [-0.39, 0.29) is 25.6 Å². The van der Waals surface area contributed by atoms with Crippen LogP contribution < -0.4 is 0 Å². The number of hydrogen-bond donors (Lipinski definition) is 1. The molecule has 1 aromatic heterocycles. The van der Waals surface area contributed by atoms with Gasteiger partial charge in [0.15, 0.2) is 6.10 Å². The van der Waals surface area contributed by atoms with Crippen molar-refractivity contribution in [2.75, 3.05) is 19.8 Å². The fourth-order valence-electron chi connectivity index (χ4n) is 5.21. The molecule has 0 saturated carbocycles. The van der Waals surface area contributed by atoms with Crippen LogP contribution in [0.15, 0.2) is 45.3 Å². The molecule has 39 heavy (non-hydrogen) atoms. The zero-order chi connectivity index (χ0) is 28.7. The average Bonchev–Trinajstić information content (AvgIpc) is 3.35. The number of furan rings is 1. The lowest BCUT2D eigenvalue weighted by atomic mass is 9.86. The molecule has 1 aliphatic rings. The second-order valence-electron chi connectivity index (χ2n) is 10.6. The van der Waals surface area contributed by atoms with Gasteiger partial charge < -0.3 is 23.7 Å².